The van der Waals surface area contributed by atoms with Gasteiger partial charge >= 0.3 is 5.97 Å². The van der Waals surface area contributed by atoms with E-state index in [1.807, 2.05) is 24.3 Å². The van der Waals surface area contributed by atoms with Crippen LogP contribution in [0.1, 0.15) is 27.8 Å². The summed E-state index contributed by atoms with van der Waals surface area (Å²) in [6.07, 6.45) is 0. The summed E-state index contributed by atoms with van der Waals surface area (Å²) < 4.78 is 15.9. The summed E-state index contributed by atoms with van der Waals surface area (Å²) in [5.74, 6) is -0.0396. The first kappa shape index (κ1) is 18.5. The molecule has 0 unspecified atom stereocenters. The predicted octanol–water partition coefficient (Wildman–Crippen LogP) is 4.42. The first-order valence-corrected chi connectivity index (χ1v) is 9.04. The minimum Gasteiger partial charge on any atom is -0.497 e. The van der Waals surface area contributed by atoms with Crippen LogP contribution in [0.5, 0.6) is 5.75 Å². The van der Waals surface area contributed by atoms with Gasteiger partial charge in [0.1, 0.15) is 5.75 Å². The summed E-state index contributed by atoms with van der Waals surface area (Å²) in [5.41, 5.74) is 1.93. The molecule has 4 rings (SSSR count). The van der Waals surface area contributed by atoms with Crippen LogP contribution in [0.4, 0.5) is 5.69 Å². The Bertz CT molecular complexity index is 1230. The van der Waals surface area contributed by atoms with E-state index < -0.39 is 11.9 Å². The molecule has 4 aromatic rings. The van der Waals surface area contributed by atoms with E-state index in [1.54, 1.807) is 44.4 Å². The number of carbonyl (C=O) groups excluding carboxylic acids is 2. The van der Waals surface area contributed by atoms with E-state index in [9.17, 15) is 9.59 Å². The third-order valence-electron chi connectivity index (χ3n) is 4.36. The van der Waals surface area contributed by atoms with Crippen LogP contribution in [0.2, 0.25) is 0 Å². The standard InChI is InChI=1S/C22H18N2O5/c1-3-28-22(26)13-5-4-6-16(10-13)23-20(25)19-12-15-9-14-11-17(27-2)7-8-18(14)24-21(15)29-19/h4-12H,3H2,1-2H3,(H,23,25). The number of nitrogens with zero attached hydrogens (tertiary/aromatic N) is 1. The molecule has 0 spiro atoms. The van der Waals surface area contributed by atoms with Gasteiger partial charge in [0.25, 0.3) is 5.91 Å². The highest BCUT2D eigenvalue weighted by molar-refractivity contribution is 6.05. The molecule has 0 fully saturated rings. The number of methoxy groups -OCH3 is 1. The number of pyridine rings is 1. The number of hydrogen-bond donors (Lipinski definition) is 1. The molecular formula is C22H18N2O5. The van der Waals surface area contributed by atoms with Gasteiger partial charge in [-0.2, -0.15) is 0 Å². The van der Waals surface area contributed by atoms with Gasteiger partial charge < -0.3 is 19.2 Å². The number of rotatable bonds is 5. The van der Waals surface area contributed by atoms with Crippen molar-refractivity contribution in [2.45, 2.75) is 6.92 Å². The molecule has 2 aromatic heterocycles. The summed E-state index contributed by atoms with van der Waals surface area (Å²) in [6.45, 7) is 2.01. The zero-order valence-corrected chi connectivity index (χ0v) is 15.9. The number of esters is 1. The molecular weight excluding hydrogens is 372 g/mol. The summed E-state index contributed by atoms with van der Waals surface area (Å²) in [7, 11) is 1.60. The van der Waals surface area contributed by atoms with Crippen LogP contribution in [0.25, 0.3) is 22.0 Å². The first-order chi connectivity index (χ1) is 14.1. The number of anilines is 1. The summed E-state index contributed by atoms with van der Waals surface area (Å²) in [6, 6.07) is 15.6. The zero-order valence-electron chi connectivity index (χ0n) is 15.9. The number of furan rings is 1. The zero-order chi connectivity index (χ0) is 20.4. The average molecular weight is 390 g/mol. The number of nitrogens with one attached hydrogen (secondary N) is 1. The molecule has 29 heavy (non-hydrogen) atoms. The van der Waals surface area contributed by atoms with Crippen molar-refractivity contribution in [3.63, 3.8) is 0 Å². The second kappa shape index (κ2) is 7.63. The van der Waals surface area contributed by atoms with Crippen molar-refractivity contribution in [1.82, 2.24) is 4.98 Å². The highest BCUT2D eigenvalue weighted by Gasteiger charge is 2.15. The minimum absolute atomic E-state index is 0.122. The monoisotopic (exact) mass is 390 g/mol. The second-order valence-electron chi connectivity index (χ2n) is 6.31. The summed E-state index contributed by atoms with van der Waals surface area (Å²) in [5, 5.41) is 4.31. The van der Waals surface area contributed by atoms with Gasteiger partial charge in [0.05, 0.1) is 24.8 Å². The molecule has 7 heteroatoms. The van der Waals surface area contributed by atoms with Crippen LogP contribution < -0.4 is 10.1 Å². The Morgan fingerprint density at radius 1 is 1.07 bits per heavy atom. The molecule has 146 valence electrons. The molecule has 2 heterocycles. The van der Waals surface area contributed by atoms with Crippen molar-refractivity contribution in [2.75, 3.05) is 19.0 Å². The Hall–Kier alpha value is -3.87. The van der Waals surface area contributed by atoms with Crippen molar-refractivity contribution >= 4 is 39.6 Å². The van der Waals surface area contributed by atoms with Crippen molar-refractivity contribution in [3.8, 4) is 5.75 Å². The largest absolute Gasteiger partial charge is 0.497 e. The highest BCUT2D eigenvalue weighted by Crippen LogP contribution is 2.26. The maximum absolute atomic E-state index is 12.6. The third kappa shape index (κ3) is 3.75. The molecule has 0 saturated heterocycles. The Morgan fingerprint density at radius 3 is 2.72 bits per heavy atom. The number of ether oxygens (including phenoxy) is 2. The Morgan fingerprint density at radius 2 is 1.93 bits per heavy atom. The lowest BCUT2D eigenvalue weighted by atomic mass is 10.2. The number of carbonyl (C=O) groups is 2. The normalized spacial score (nSPS) is 10.8. The van der Waals surface area contributed by atoms with Crippen LogP contribution in [0.3, 0.4) is 0 Å². The van der Waals surface area contributed by atoms with Crippen LogP contribution >= 0.6 is 0 Å². The van der Waals surface area contributed by atoms with E-state index >= 15 is 0 Å². The molecule has 0 saturated carbocycles. The van der Waals surface area contributed by atoms with Crippen molar-refractivity contribution in [2.24, 2.45) is 0 Å². The fourth-order valence-electron chi connectivity index (χ4n) is 2.98. The molecule has 0 bridgehead atoms. The third-order valence-corrected chi connectivity index (χ3v) is 4.36. The number of amides is 1. The highest BCUT2D eigenvalue weighted by atomic mass is 16.5. The molecule has 0 aliphatic rings. The fraction of sp³-hybridized carbons (Fsp3) is 0.136. The lowest BCUT2D eigenvalue weighted by Gasteiger charge is -2.06. The lowest BCUT2D eigenvalue weighted by molar-refractivity contribution is 0.0526. The van der Waals surface area contributed by atoms with Gasteiger partial charge in [-0.1, -0.05) is 6.07 Å². The predicted molar refractivity (Wildman–Crippen MR) is 108 cm³/mol. The summed E-state index contributed by atoms with van der Waals surface area (Å²) in [4.78, 5) is 28.9. The molecule has 0 atom stereocenters. The maximum Gasteiger partial charge on any atom is 0.338 e. The summed E-state index contributed by atoms with van der Waals surface area (Å²) >= 11 is 0. The molecule has 1 amide bonds. The van der Waals surface area contributed by atoms with Crippen LogP contribution in [-0.2, 0) is 4.74 Å². The van der Waals surface area contributed by atoms with Crippen molar-refractivity contribution in [3.05, 3.63) is 65.9 Å². The van der Waals surface area contributed by atoms with E-state index in [0.29, 0.717) is 22.4 Å². The Balaban J connectivity index is 1.61. The van der Waals surface area contributed by atoms with Crippen molar-refractivity contribution < 1.29 is 23.5 Å². The van der Waals surface area contributed by atoms with Gasteiger partial charge in [0.2, 0.25) is 5.71 Å². The second-order valence-corrected chi connectivity index (χ2v) is 6.31. The molecule has 1 N–H and O–H groups in total. The van der Waals surface area contributed by atoms with Gasteiger partial charge in [-0.05, 0) is 55.5 Å². The smallest absolute Gasteiger partial charge is 0.338 e. The van der Waals surface area contributed by atoms with E-state index in [2.05, 4.69) is 10.3 Å². The van der Waals surface area contributed by atoms with Gasteiger partial charge in [0.15, 0.2) is 5.76 Å². The molecule has 0 aliphatic heterocycles. The number of aromatic nitrogens is 1. The Kier molecular flexibility index (Phi) is 4.87. The lowest BCUT2D eigenvalue weighted by Crippen LogP contribution is -2.12. The fourth-order valence-corrected chi connectivity index (χ4v) is 2.98. The topological polar surface area (TPSA) is 90.7 Å². The van der Waals surface area contributed by atoms with Gasteiger partial charge in [0, 0.05) is 16.5 Å². The number of fused-ring (bicyclic) bond motifs is 2. The maximum atomic E-state index is 12.6. The quantitative estimate of drug-likeness (QED) is 0.507. The molecule has 0 radical (unpaired) electrons. The number of hydrogen-bond acceptors (Lipinski definition) is 6. The van der Waals surface area contributed by atoms with Gasteiger partial charge in [-0.3, -0.25) is 4.79 Å². The van der Waals surface area contributed by atoms with Gasteiger partial charge in [-0.15, -0.1) is 0 Å². The van der Waals surface area contributed by atoms with E-state index in [0.717, 1.165) is 16.7 Å². The van der Waals surface area contributed by atoms with E-state index in [4.69, 9.17) is 13.9 Å². The Labute approximate surface area is 166 Å². The minimum atomic E-state index is -0.446. The van der Waals surface area contributed by atoms with Crippen LogP contribution in [0.15, 0.2) is 59.0 Å². The molecule has 0 aliphatic carbocycles. The molecule has 7 nitrogen and oxygen atoms in total. The van der Waals surface area contributed by atoms with E-state index in [-0.39, 0.29) is 12.4 Å². The first-order valence-electron chi connectivity index (χ1n) is 9.04. The van der Waals surface area contributed by atoms with Crippen LogP contribution in [0, 0.1) is 0 Å². The van der Waals surface area contributed by atoms with Crippen LogP contribution in [-0.4, -0.2) is 30.6 Å². The molecule has 2 aromatic carbocycles. The average Bonchev–Trinajstić information content (AvgIpc) is 3.15. The number of benzene rings is 2. The van der Waals surface area contributed by atoms with E-state index in [1.165, 1.54) is 0 Å². The SMILES string of the molecule is CCOC(=O)c1cccc(NC(=O)c2cc3cc4cc(OC)ccc4nc3o2)c1. The van der Waals surface area contributed by atoms with Gasteiger partial charge in [-0.25, -0.2) is 9.78 Å². The van der Waals surface area contributed by atoms with Crippen molar-refractivity contribution in [1.29, 1.82) is 0 Å².